The molecule has 0 aliphatic carbocycles. The topological polar surface area (TPSA) is 167 Å². The number of benzene rings is 2. The molecule has 0 fully saturated rings. The summed E-state index contributed by atoms with van der Waals surface area (Å²) in [7, 11) is 0. The maximum absolute atomic E-state index is 10.6. The van der Waals surface area contributed by atoms with Crippen LogP contribution in [0.2, 0.25) is 10.0 Å². The van der Waals surface area contributed by atoms with E-state index in [4.69, 9.17) is 34.7 Å². The van der Waals surface area contributed by atoms with Crippen LogP contribution in [0.3, 0.4) is 0 Å². The summed E-state index contributed by atoms with van der Waals surface area (Å²) >= 11 is 18.5. The Bertz CT molecular complexity index is 1000. The van der Waals surface area contributed by atoms with Crippen LogP contribution in [-0.2, 0) is 22.4 Å². The molecule has 1 heterocycles. The molecule has 0 radical (unpaired) electrons. The van der Waals surface area contributed by atoms with Gasteiger partial charge in [0, 0.05) is 22.4 Å². The molecule has 142 valence electrons. The highest BCUT2D eigenvalue weighted by Gasteiger charge is 2.19. The molecule has 0 unspecified atom stereocenters. The Balaban J connectivity index is 0.000000248. The van der Waals surface area contributed by atoms with Crippen LogP contribution < -0.4 is 11.5 Å². The number of halogens is 2. The third kappa shape index (κ3) is 5.17. The third-order valence-corrected chi connectivity index (χ3v) is 3.69. The highest BCUT2D eigenvalue weighted by atomic mass is 35.5. The summed E-state index contributed by atoms with van der Waals surface area (Å²) in [6.07, 6.45) is 1.40. The summed E-state index contributed by atoms with van der Waals surface area (Å²) in [4.78, 5) is 26.4. The predicted octanol–water partition coefficient (Wildman–Crippen LogP) is 3.53. The maximum atomic E-state index is 10.6. The Morgan fingerprint density at radius 3 is 2.00 bits per heavy atom. The van der Waals surface area contributed by atoms with E-state index in [0.29, 0.717) is 5.52 Å². The van der Waals surface area contributed by atoms with Gasteiger partial charge in [0.15, 0.2) is 5.52 Å². The van der Waals surface area contributed by atoms with Gasteiger partial charge in [0.05, 0.1) is 27.4 Å². The molecular weight excluding hydrogens is 439 g/mol. The third-order valence-electron chi connectivity index (χ3n) is 3.08. The monoisotopic (exact) mass is 448 g/mol. The molecule has 2 aromatic carbocycles. The van der Waals surface area contributed by atoms with E-state index in [2.05, 4.69) is 32.3 Å². The molecule has 0 amide bonds. The summed E-state index contributed by atoms with van der Waals surface area (Å²) in [5.41, 5.74) is 11.1. The fourth-order valence-electron chi connectivity index (χ4n) is 1.92. The number of nitrogen functional groups attached to an aromatic ring is 2. The van der Waals surface area contributed by atoms with Gasteiger partial charge in [-0.1, -0.05) is 23.2 Å². The van der Waals surface area contributed by atoms with E-state index in [1.165, 1.54) is 24.5 Å². The van der Waals surface area contributed by atoms with E-state index in [1.54, 1.807) is 6.07 Å². The molecule has 10 nitrogen and oxygen atoms in total. The minimum Gasteiger partial charge on any atom is -0.397 e. The van der Waals surface area contributed by atoms with Gasteiger partial charge in [0.2, 0.25) is 0 Å². The van der Waals surface area contributed by atoms with Crippen LogP contribution in [0.1, 0.15) is 0 Å². The molecule has 14 heteroatoms. The van der Waals surface area contributed by atoms with Crippen LogP contribution in [0.25, 0.3) is 11.0 Å². The van der Waals surface area contributed by atoms with Gasteiger partial charge in [0.1, 0.15) is 15.7 Å². The summed E-state index contributed by atoms with van der Waals surface area (Å²) in [5.74, 6) is 0. The Morgan fingerprint density at radius 1 is 0.963 bits per heavy atom. The van der Waals surface area contributed by atoms with Gasteiger partial charge < -0.3 is 16.5 Å². The molecule has 1 aromatic heterocycles. The fraction of sp³-hybridized carbons (Fsp3) is 0. The normalized spacial score (nSPS) is 9.56. The van der Waals surface area contributed by atoms with Crippen molar-refractivity contribution in [1.82, 2.24) is 9.97 Å². The summed E-state index contributed by atoms with van der Waals surface area (Å²) in [6, 6.07) is 5.88. The maximum Gasteiger partial charge on any atom is 0.315 e. The van der Waals surface area contributed by atoms with Gasteiger partial charge in [0.25, 0.3) is 0 Å². The van der Waals surface area contributed by atoms with Crippen LogP contribution >= 0.6 is 23.2 Å². The summed E-state index contributed by atoms with van der Waals surface area (Å²) < 4.78 is 0. The van der Waals surface area contributed by atoms with Crippen molar-refractivity contribution in [3.8, 4) is 0 Å². The van der Waals surface area contributed by atoms with Crippen LogP contribution in [0.5, 0.6) is 0 Å². The SMILES string of the molecule is Nc1ccc(Cl)c([N+](=O)[O-])c1N.O=[N+]([O-])c1c(Cl)ccc2[nH]cnc12.S=S. The van der Waals surface area contributed by atoms with Gasteiger partial charge in [-0.2, -0.15) is 0 Å². The lowest BCUT2D eigenvalue weighted by molar-refractivity contribution is -0.383. The second-order valence-electron chi connectivity index (χ2n) is 4.61. The van der Waals surface area contributed by atoms with E-state index in [1.807, 2.05) is 0 Å². The van der Waals surface area contributed by atoms with Crippen LogP contribution in [0.15, 0.2) is 30.6 Å². The highest BCUT2D eigenvalue weighted by molar-refractivity contribution is 8.07. The number of nitrogens with zero attached hydrogens (tertiary/aromatic N) is 3. The highest BCUT2D eigenvalue weighted by Crippen LogP contribution is 2.34. The van der Waals surface area contributed by atoms with E-state index < -0.39 is 9.85 Å². The number of anilines is 2. The van der Waals surface area contributed by atoms with Crippen molar-refractivity contribution in [2.45, 2.75) is 0 Å². The lowest BCUT2D eigenvalue weighted by atomic mass is 10.2. The molecule has 27 heavy (non-hydrogen) atoms. The van der Waals surface area contributed by atoms with Gasteiger partial charge in [-0.05, 0) is 24.3 Å². The minimum atomic E-state index is -0.659. The number of hydrogen-bond donors (Lipinski definition) is 3. The minimum absolute atomic E-state index is 0.00769. The van der Waals surface area contributed by atoms with Crippen molar-refractivity contribution in [3.63, 3.8) is 0 Å². The first-order valence-corrected chi connectivity index (χ1v) is 8.73. The number of H-pyrrole nitrogens is 1. The second-order valence-corrected chi connectivity index (χ2v) is 5.42. The summed E-state index contributed by atoms with van der Waals surface area (Å²) in [6.45, 7) is 0. The van der Waals surface area contributed by atoms with E-state index in [0.717, 1.165) is 0 Å². The largest absolute Gasteiger partial charge is 0.397 e. The van der Waals surface area contributed by atoms with Crippen LogP contribution in [0, 0.1) is 20.2 Å². The second kappa shape index (κ2) is 9.87. The molecule has 5 N–H and O–H groups in total. The molecule has 0 aliphatic heterocycles. The molecule has 0 bridgehead atoms. The summed E-state index contributed by atoms with van der Waals surface area (Å²) in [5, 5.41) is 21.1. The van der Waals surface area contributed by atoms with Gasteiger partial charge in [-0.15, -0.1) is 0 Å². The number of fused-ring (bicyclic) bond motifs is 1. The Hall–Kier alpha value is -2.67. The van der Waals surface area contributed by atoms with Crippen molar-refractivity contribution < 1.29 is 9.85 Å². The zero-order chi connectivity index (χ0) is 20.7. The first kappa shape index (κ1) is 22.4. The number of imidazole rings is 1. The Labute approximate surface area is 171 Å². The number of nitro groups is 2. The van der Waals surface area contributed by atoms with E-state index >= 15 is 0 Å². The predicted molar refractivity (Wildman–Crippen MR) is 109 cm³/mol. The Kier molecular flexibility index (Phi) is 8.18. The molecular formula is C13H10Cl2N6O4S2. The Morgan fingerprint density at radius 2 is 1.48 bits per heavy atom. The molecule has 3 aromatic rings. The smallest absolute Gasteiger partial charge is 0.315 e. The number of nitrogens with two attached hydrogens (primary N) is 2. The fourth-order valence-corrected chi connectivity index (χ4v) is 2.38. The number of nitro benzene ring substituents is 2. The zero-order valence-corrected chi connectivity index (χ0v) is 16.2. The van der Waals surface area contributed by atoms with Crippen molar-refractivity contribution in [2.24, 2.45) is 0 Å². The lowest BCUT2D eigenvalue weighted by Gasteiger charge is -2.01. The number of aromatic nitrogens is 2. The number of rotatable bonds is 2. The molecule has 0 atom stereocenters. The average molecular weight is 449 g/mol. The molecule has 0 aliphatic rings. The van der Waals surface area contributed by atoms with E-state index in [9.17, 15) is 20.2 Å². The standard InChI is InChI=1S/C7H4ClN3O2.C6H6ClN3O2.S2/c8-4-1-2-5-6(10-3-9-5)7(4)11(12)13;7-3-1-2-4(8)5(9)6(3)10(11)12;1-2/h1-3H,(H,9,10);1-2H,8-9H2;. The first-order chi connectivity index (χ1) is 12.7. The quantitative estimate of drug-likeness (QED) is 0.301. The van der Waals surface area contributed by atoms with Gasteiger partial charge in [-0.25, -0.2) is 4.98 Å². The average Bonchev–Trinajstić information content (AvgIpc) is 3.08. The molecule has 0 spiro atoms. The number of nitrogens with one attached hydrogen (secondary N) is 1. The lowest BCUT2D eigenvalue weighted by Crippen LogP contribution is -2.00. The number of aromatic amines is 1. The molecule has 0 saturated heterocycles. The van der Waals surface area contributed by atoms with Crippen LogP contribution in [-0.4, -0.2) is 19.8 Å². The van der Waals surface area contributed by atoms with Gasteiger partial charge in [-0.3, -0.25) is 20.2 Å². The van der Waals surface area contributed by atoms with Crippen molar-refractivity contribution >= 4 is 79.4 Å². The van der Waals surface area contributed by atoms with Crippen LogP contribution in [0.4, 0.5) is 22.7 Å². The van der Waals surface area contributed by atoms with Gasteiger partial charge >= 0.3 is 11.4 Å². The molecule has 0 saturated carbocycles. The first-order valence-electron chi connectivity index (χ1n) is 6.64. The molecule has 3 rings (SSSR count). The van der Waals surface area contributed by atoms with E-state index in [-0.39, 0.29) is 38.3 Å². The zero-order valence-electron chi connectivity index (χ0n) is 13.1. The van der Waals surface area contributed by atoms with Crippen molar-refractivity contribution in [2.75, 3.05) is 11.5 Å². The van der Waals surface area contributed by atoms with Crippen molar-refractivity contribution in [3.05, 3.63) is 60.9 Å². The number of hydrogen-bond acceptors (Lipinski definition) is 9. The van der Waals surface area contributed by atoms with Crippen molar-refractivity contribution in [1.29, 1.82) is 0 Å².